The molecule has 0 N–H and O–H groups in total. The summed E-state index contributed by atoms with van der Waals surface area (Å²) in [6, 6.07) is 32.3. The Hall–Kier alpha value is -2.50. The Labute approximate surface area is 203 Å². The Balaban J connectivity index is 1.33. The molecule has 0 radical (unpaired) electrons. The van der Waals surface area contributed by atoms with Crippen molar-refractivity contribution in [2.24, 2.45) is 0 Å². The summed E-state index contributed by atoms with van der Waals surface area (Å²) >= 11 is 0. The van der Waals surface area contributed by atoms with Gasteiger partial charge >= 0.3 is 0 Å². The van der Waals surface area contributed by atoms with Crippen LogP contribution in [0.25, 0.3) is 0 Å². The van der Waals surface area contributed by atoms with Crippen LogP contribution in [0.5, 0.6) is 0 Å². The molecule has 0 spiro atoms. The predicted octanol–water partition coefficient (Wildman–Crippen LogP) is 5.61. The van der Waals surface area contributed by atoms with Gasteiger partial charge in [0.15, 0.2) is 0 Å². The maximum atomic E-state index is 6.64. The second-order valence-electron chi connectivity index (χ2n) is 9.53. The van der Waals surface area contributed by atoms with Crippen LogP contribution in [-0.4, -0.2) is 41.8 Å². The first-order valence-electron chi connectivity index (χ1n) is 12.5. The van der Waals surface area contributed by atoms with Gasteiger partial charge in [0, 0.05) is 12.1 Å². The molecule has 2 saturated heterocycles. The molecule has 0 unspecified atom stereocenters. The Morgan fingerprint density at radius 3 is 1.71 bits per heavy atom. The predicted molar refractivity (Wildman–Crippen MR) is 134 cm³/mol. The lowest BCUT2D eigenvalue weighted by Gasteiger charge is -2.30. The van der Waals surface area contributed by atoms with E-state index in [0.29, 0.717) is 38.5 Å². The summed E-state index contributed by atoms with van der Waals surface area (Å²) in [7, 11) is 0. The molecule has 0 aliphatic carbocycles. The van der Waals surface area contributed by atoms with Crippen molar-refractivity contribution in [3.05, 3.63) is 108 Å². The SMILES string of the molecule is C[C@@H]1CC[C@H]2[C@H](OCc3ccccc3)[C@@H](OCc3ccccc3)[C@H](COCc3ccccc3)N12. The summed E-state index contributed by atoms with van der Waals surface area (Å²) in [6.45, 7) is 4.78. The number of nitrogens with zero attached hydrogens (tertiary/aromatic N) is 1. The van der Waals surface area contributed by atoms with E-state index >= 15 is 0 Å². The fourth-order valence-corrected chi connectivity index (χ4v) is 5.55. The van der Waals surface area contributed by atoms with Gasteiger partial charge in [-0.05, 0) is 36.5 Å². The number of hydrogen-bond acceptors (Lipinski definition) is 4. The van der Waals surface area contributed by atoms with E-state index in [-0.39, 0.29) is 18.2 Å². The smallest absolute Gasteiger partial charge is 0.103 e. The number of benzene rings is 3. The second-order valence-corrected chi connectivity index (χ2v) is 9.53. The van der Waals surface area contributed by atoms with Crippen LogP contribution in [0.2, 0.25) is 0 Å². The Kier molecular flexibility index (Phi) is 7.72. The Bertz CT molecular complexity index is 997. The minimum absolute atomic E-state index is 0.0270. The third-order valence-electron chi connectivity index (χ3n) is 7.21. The van der Waals surface area contributed by atoms with Gasteiger partial charge in [0.05, 0.1) is 32.5 Å². The highest BCUT2D eigenvalue weighted by molar-refractivity contribution is 5.16. The van der Waals surface area contributed by atoms with Crippen molar-refractivity contribution in [3.63, 3.8) is 0 Å². The lowest BCUT2D eigenvalue weighted by atomic mass is 10.0. The zero-order valence-electron chi connectivity index (χ0n) is 20.0. The van der Waals surface area contributed by atoms with Crippen LogP contribution in [-0.2, 0) is 34.0 Å². The molecule has 0 saturated carbocycles. The summed E-state index contributed by atoms with van der Waals surface area (Å²) in [4.78, 5) is 2.62. The van der Waals surface area contributed by atoms with E-state index in [1.165, 1.54) is 23.1 Å². The minimum atomic E-state index is -0.0348. The quantitative estimate of drug-likeness (QED) is 0.396. The monoisotopic (exact) mass is 457 g/mol. The van der Waals surface area contributed by atoms with Gasteiger partial charge in [0.1, 0.15) is 12.2 Å². The molecule has 2 aliphatic rings. The van der Waals surface area contributed by atoms with Gasteiger partial charge < -0.3 is 14.2 Å². The van der Waals surface area contributed by atoms with Crippen LogP contribution >= 0.6 is 0 Å². The first-order chi connectivity index (χ1) is 16.8. The van der Waals surface area contributed by atoms with E-state index < -0.39 is 0 Å². The molecule has 0 bridgehead atoms. The number of hydrogen-bond donors (Lipinski definition) is 0. The molecule has 4 nitrogen and oxygen atoms in total. The van der Waals surface area contributed by atoms with Crippen molar-refractivity contribution in [2.75, 3.05) is 6.61 Å². The molecule has 0 aromatic heterocycles. The molecular formula is C30H35NO3. The number of rotatable bonds is 10. The zero-order valence-corrected chi connectivity index (χ0v) is 20.0. The largest absolute Gasteiger partial charge is 0.375 e. The van der Waals surface area contributed by atoms with E-state index in [0.717, 1.165) is 6.42 Å². The number of ether oxygens (including phenoxy) is 3. The topological polar surface area (TPSA) is 30.9 Å². The second kappa shape index (κ2) is 11.3. The zero-order chi connectivity index (χ0) is 23.2. The first-order valence-corrected chi connectivity index (χ1v) is 12.5. The highest BCUT2D eigenvalue weighted by Crippen LogP contribution is 2.40. The minimum Gasteiger partial charge on any atom is -0.375 e. The van der Waals surface area contributed by atoms with Gasteiger partial charge in [0.25, 0.3) is 0 Å². The molecule has 3 aromatic carbocycles. The van der Waals surface area contributed by atoms with E-state index in [9.17, 15) is 0 Å². The maximum absolute atomic E-state index is 6.64. The van der Waals surface area contributed by atoms with Crippen molar-refractivity contribution >= 4 is 0 Å². The molecule has 5 atom stereocenters. The van der Waals surface area contributed by atoms with Gasteiger partial charge in [-0.1, -0.05) is 91.0 Å². The van der Waals surface area contributed by atoms with Crippen LogP contribution in [0.3, 0.4) is 0 Å². The highest BCUT2D eigenvalue weighted by Gasteiger charge is 2.54. The molecule has 5 rings (SSSR count). The number of fused-ring (bicyclic) bond motifs is 1. The van der Waals surface area contributed by atoms with E-state index in [1.807, 2.05) is 18.2 Å². The van der Waals surface area contributed by atoms with Crippen LogP contribution in [0, 0.1) is 0 Å². The molecular weight excluding hydrogens is 422 g/mol. The average Bonchev–Trinajstić information content (AvgIpc) is 3.40. The van der Waals surface area contributed by atoms with Gasteiger partial charge in [-0.2, -0.15) is 0 Å². The maximum Gasteiger partial charge on any atom is 0.103 e. The van der Waals surface area contributed by atoms with Crippen LogP contribution in [0.1, 0.15) is 36.5 Å². The summed E-state index contributed by atoms with van der Waals surface area (Å²) in [5, 5.41) is 0. The molecule has 0 amide bonds. The summed E-state index contributed by atoms with van der Waals surface area (Å²) < 4.78 is 19.5. The lowest BCUT2D eigenvalue weighted by molar-refractivity contribution is -0.0884. The molecule has 2 aliphatic heterocycles. The highest BCUT2D eigenvalue weighted by atomic mass is 16.5. The molecule has 2 heterocycles. The van der Waals surface area contributed by atoms with Gasteiger partial charge in [-0.3, -0.25) is 4.90 Å². The fraction of sp³-hybridized carbons (Fsp3) is 0.400. The summed E-state index contributed by atoms with van der Waals surface area (Å²) in [6.07, 6.45) is 2.32. The third kappa shape index (κ3) is 5.42. The van der Waals surface area contributed by atoms with Crippen molar-refractivity contribution in [2.45, 2.75) is 69.9 Å². The lowest BCUT2D eigenvalue weighted by Crippen LogP contribution is -2.44. The van der Waals surface area contributed by atoms with E-state index in [4.69, 9.17) is 14.2 Å². The van der Waals surface area contributed by atoms with Gasteiger partial charge in [-0.15, -0.1) is 0 Å². The normalized spacial score (nSPS) is 26.6. The van der Waals surface area contributed by atoms with Crippen molar-refractivity contribution < 1.29 is 14.2 Å². The van der Waals surface area contributed by atoms with Crippen LogP contribution in [0.4, 0.5) is 0 Å². The summed E-state index contributed by atoms with van der Waals surface area (Å²) in [5.74, 6) is 0. The van der Waals surface area contributed by atoms with Gasteiger partial charge in [0.2, 0.25) is 0 Å². The molecule has 178 valence electrons. The van der Waals surface area contributed by atoms with E-state index in [1.54, 1.807) is 0 Å². The molecule has 4 heteroatoms. The van der Waals surface area contributed by atoms with Crippen molar-refractivity contribution in [1.29, 1.82) is 0 Å². The van der Waals surface area contributed by atoms with Crippen molar-refractivity contribution in [1.82, 2.24) is 4.90 Å². The average molecular weight is 458 g/mol. The third-order valence-corrected chi connectivity index (χ3v) is 7.21. The molecule has 34 heavy (non-hydrogen) atoms. The first kappa shape index (κ1) is 23.3. The van der Waals surface area contributed by atoms with Crippen LogP contribution in [0.15, 0.2) is 91.0 Å². The molecule has 2 fully saturated rings. The van der Waals surface area contributed by atoms with Crippen LogP contribution < -0.4 is 0 Å². The fourth-order valence-electron chi connectivity index (χ4n) is 5.55. The van der Waals surface area contributed by atoms with Crippen molar-refractivity contribution in [3.8, 4) is 0 Å². The van der Waals surface area contributed by atoms with E-state index in [2.05, 4.69) is 84.6 Å². The molecule has 3 aromatic rings. The summed E-state index contributed by atoms with van der Waals surface area (Å²) in [5.41, 5.74) is 3.59. The Morgan fingerprint density at radius 1 is 0.647 bits per heavy atom. The standard InChI is InChI=1S/C30H35NO3/c1-23-17-18-27-29(33-20-25-13-7-3-8-14-25)30(34-21-26-15-9-4-10-16-26)28(31(23)27)22-32-19-24-11-5-2-6-12-24/h2-16,23,27-30H,17-22H2,1H3/t23-,27+,28+,29+,30+/m1/s1. The Morgan fingerprint density at radius 2 is 1.15 bits per heavy atom. The van der Waals surface area contributed by atoms with Gasteiger partial charge in [-0.25, -0.2) is 0 Å².